The standard InChI is InChI=1S/C16H15NO3/c1-10-15(11-2-6-13(18)7-3-11)16(17-20-10)12-4-8-14(19)9-5-12/h2-10,15,18-19H,1H3. The average molecular weight is 269 g/mol. The minimum absolute atomic E-state index is 0.0140. The van der Waals surface area contributed by atoms with Crippen LogP contribution in [-0.4, -0.2) is 22.0 Å². The van der Waals surface area contributed by atoms with Gasteiger partial charge >= 0.3 is 0 Å². The zero-order valence-corrected chi connectivity index (χ0v) is 11.0. The predicted molar refractivity (Wildman–Crippen MR) is 76.0 cm³/mol. The molecule has 0 radical (unpaired) electrons. The van der Waals surface area contributed by atoms with Gasteiger partial charge in [0.05, 0.1) is 11.6 Å². The summed E-state index contributed by atoms with van der Waals surface area (Å²) >= 11 is 0. The van der Waals surface area contributed by atoms with Crippen LogP contribution in [-0.2, 0) is 4.84 Å². The van der Waals surface area contributed by atoms with E-state index in [4.69, 9.17) is 4.84 Å². The third kappa shape index (κ3) is 2.20. The number of phenolic OH excluding ortho intramolecular Hbond substituents is 2. The van der Waals surface area contributed by atoms with Crippen molar-refractivity contribution in [1.29, 1.82) is 0 Å². The molecule has 0 spiro atoms. The van der Waals surface area contributed by atoms with Gasteiger partial charge in [-0.25, -0.2) is 0 Å². The summed E-state index contributed by atoms with van der Waals surface area (Å²) in [5.74, 6) is 0.478. The minimum Gasteiger partial charge on any atom is -0.508 e. The van der Waals surface area contributed by atoms with E-state index in [9.17, 15) is 10.2 Å². The van der Waals surface area contributed by atoms with Crippen molar-refractivity contribution in [3.63, 3.8) is 0 Å². The van der Waals surface area contributed by atoms with Crippen molar-refractivity contribution in [2.24, 2.45) is 5.16 Å². The molecule has 1 aliphatic heterocycles. The Balaban J connectivity index is 1.98. The summed E-state index contributed by atoms with van der Waals surface area (Å²) in [4.78, 5) is 5.41. The highest BCUT2D eigenvalue weighted by Crippen LogP contribution is 2.33. The van der Waals surface area contributed by atoms with Gasteiger partial charge in [-0.1, -0.05) is 17.3 Å². The number of rotatable bonds is 2. The van der Waals surface area contributed by atoms with Crippen molar-refractivity contribution in [2.75, 3.05) is 0 Å². The van der Waals surface area contributed by atoms with Crippen LogP contribution in [0.2, 0.25) is 0 Å². The normalized spacial score (nSPS) is 21.4. The molecule has 0 saturated carbocycles. The summed E-state index contributed by atoms with van der Waals surface area (Å²) < 4.78 is 0. The van der Waals surface area contributed by atoms with Crippen LogP contribution < -0.4 is 0 Å². The van der Waals surface area contributed by atoms with Crippen molar-refractivity contribution in [3.05, 3.63) is 59.7 Å². The van der Waals surface area contributed by atoms with Crippen molar-refractivity contribution in [2.45, 2.75) is 18.9 Å². The molecule has 102 valence electrons. The smallest absolute Gasteiger partial charge is 0.137 e. The molecule has 2 atom stereocenters. The number of hydrogen-bond donors (Lipinski definition) is 2. The van der Waals surface area contributed by atoms with Crippen molar-refractivity contribution >= 4 is 5.71 Å². The maximum absolute atomic E-state index is 9.39. The van der Waals surface area contributed by atoms with Gasteiger partial charge < -0.3 is 15.1 Å². The highest BCUT2D eigenvalue weighted by Gasteiger charge is 2.33. The van der Waals surface area contributed by atoms with Gasteiger partial charge in [0.2, 0.25) is 0 Å². The van der Waals surface area contributed by atoms with Gasteiger partial charge in [-0.3, -0.25) is 0 Å². The molecule has 0 aliphatic carbocycles. The molecule has 4 heteroatoms. The number of aromatic hydroxyl groups is 2. The van der Waals surface area contributed by atoms with Gasteiger partial charge in [-0.15, -0.1) is 0 Å². The molecule has 0 aromatic heterocycles. The monoisotopic (exact) mass is 269 g/mol. The van der Waals surface area contributed by atoms with Crippen LogP contribution in [0.5, 0.6) is 11.5 Å². The SMILES string of the molecule is CC1ON=C(c2ccc(O)cc2)C1c1ccc(O)cc1. The fraction of sp³-hybridized carbons (Fsp3) is 0.188. The quantitative estimate of drug-likeness (QED) is 0.881. The predicted octanol–water partition coefficient (Wildman–Crippen LogP) is 3.00. The van der Waals surface area contributed by atoms with Crippen LogP contribution in [0.25, 0.3) is 0 Å². The Morgan fingerprint density at radius 1 is 0.900 bits per heavy atom. The lowest BCUT2D eigenvalue weighted by Gasteiger charge is -2.16. The number of benzene rings is 2. The summed E-state index contributed by atoms with van der Waals surface area (Å²) in [6.45, 7) is 1.97. The molecule has 2 aromatic carbocycles. The third-order valence-corrected chi connectivity index (χ3v) is 3.50. The lowest BCUT2D eigenvalue weighted by molar-refractivity contribution is 0.0905. The fourth-order valence-electron chi connectivity index (χ4n) is 2.45. The molecule has 0 amide bonds. The van der Waals surface area contributed by atoms with Gasteiger partial charge in [0.15, 0.2) is 0 Å². The van der Waals surface area contributed by atoms with E-state index in [1.807, 2.05) is 31.2 Å². The third-order valence-electron chi connectivity index (χ3n) is 3.50. The Kier molecular flexibility index (Phi) is 3.06. The van der Waals surface area contributed by atoms with E-state index in [2.05, 4.69) is 5.16 Å². The summed E-state index contributed by atoms with van der Waals surface area (Å²) in [6, 6.07) is 14.0. The van der Waals surface area contributed by atoms with Gasteiger partial charge in [0, 0.05) is 5.56 Å². The maximum Gasteiger partial charge on any atom is 0.137 e. The molecule has 4 nitrogen and oxygen atoms in total. The number of phenols is 2. The summed E-state index contributed by atoms with van der Waals surface area (Å²) in [5.41, 5.74) is 2.80. The van der Waals surface area contributed by atoms with E-state index in [1.165, 1.54) is 0 Å². The molecule has 1 aliphatic rings. The molecule has 2 unspecified atom stereocenters. The Hall–Kier alpha value is -2.49. The summed E-state index contributed by atoms with van der Waals surface area (Å²) in [7, 11) is 0. The van der Waals surface area contributed by atoms with Crippen molar-refractivity contribution < 1.29 is 15.1 Å². The highest BCUT2D eigenvalue weighted by atomic mass is 16.6. The average Bonchev–Trinajstić information content (AvgIpc) is 2.83. The fourth-order valence-corrected chi connectivity index (χ4v) is 2.45. The Labute approximate surface area is 116 Å². The van der Waals surface area contributed by atoms with Crippen molar-refractivity contribution in [3.8, 4) is 11.5 Å². The van der Waals surface area contributed by atoms with Gasteiger partial charge in [-0.2, -0.15) is 0 Å². The zero-order chi connectivity index (χ0) is 14.1. The van der Waals surface area contributed by atoms with E-state index < -0.39 is 0 Å². The first-order valence-electron chi connectivity index (χ1n) is 6.47. The number of nitrogens with zero attached hydrogens (tertiary/aromatic N) is 1. The minimum atomic E-state index is -0.0663. The first-order chi connectivity index (χ1) is 9.65. The number of oxime groups is 1. The van der Waals surface area contributed by atoms with Crippen LogP contribution in [0.3, 0.4) is 0 Å². The van der Waals surface area contributed by atoms with Gasteiger partial charge in [-0.05, 0) is 48.9 Å². The molecule has 0 fully saturated rings. The van der Waals surface area contributed by atoms with Crippen LogP contribution >= 0.6 is 0 Å². The van der Waals surface area contributed by atoms with Crippen LogP contribution in [0, 0.1) is 0 Å². The molecule has 1 heterocycles. The van der Waals surface area contributed by atoms with E-state index in [1.54, 1.807) is 24.3 Å². The Bertz CT molecular complexity index is 632. The summed E-state index contributed by atoms with van der Waals surface area (Å²) in [6.07, 6.45) is -0.0663. The number of hydrogen-bond acceptors (Lipinski definition) is 4. The van der Waals surface area contributed by atoms with Crippen LogP contribution in [0.15, 0.2) is 53.7 Å². The zero-order valence-electron chi connectivity index (χ0n) is 11.0. The molecular weight excluding hydrogens is 254 g/mol. The van der Waals surface area contributed by atoms with E-state index >= 15 is 0 Å². The lowest BCUT2D eigenvalue weighted by atomic mass is 9.87. The largest absolute Gasteiger partial charge is 0.508 e. The van der Waals surface area contributed by atoms with E-state index in [0.717, 1.165) is 16.8 Å². The second-order valence-corrected chi connectivity index (χ2v) is 4.90. The van der Waals surface area contributed by atoms with E-state index in [0.29, 0.717) is 0 Å². The van der Waals surface area contributed by atoms with Gasteiger partial charge in [0.25, 0.3) is 0 Å². The first-order valence-corrected chi connectivity index (χ1v) is 6.47. The first kappa shape index (κ1) is 12.5. The second-order valence-electron chi connectivity index (χ2n) is 4.90. The lowest BCUT2D eigenvalue weighted by Crippen LogP contribution is -2.19. The highest BCUT2D eigenvalue weighted by molar-refractivity contribution is 6.06. The van der Waals surface area contributed by atoms with Gasteiger partial charge in [0.1, 0.15) is 17.6 Å². The molecule has 0 saturated heterocycles. The molecule has 0 bridgehead atoms. The molecule has 3 rings (SSSR count). The molecular formula is C16H15NO3. The topological polar surface area (TPSA) is 62.0 Å². The maximum atomic E-state index is 9.39. The van der Waals surface area contributed by atoms with Crippen molar-refractivity contribution in [1.82, 2.24) is 0 Å². The summed E-state index contributed by atoms with van der Waals surface area (Å²) in [5, 5.41) is 22.9. The Morgan fingerprint density at radius 2 is 1.45 bits per heavy atom. The Morgan fingerprint density at radius 3 is 2.05 bits per heavy atom. The van der Waals surface area contributed by atoms with Crippen LogP contribution in [0.1, 0.15) is 24.0 Å². The molecule has 2 N–H and O–H groups in total. The molecule has 2 aromatic rings. The molecule has 20 heavy (non-hydrogen) atoms. The van der Waals surface area contributed by atoms with Crippen LogP contribution in [0.4, 0.5) is 0 Å². The second kappa shape index (κ2) is 4.89. The van der Waals surface area contributed by atoms with E-state index in [-0.39, 0.29) is 23.5 Å².